The quantitative estimate of drug-likeness (QED) is 0.504. The number of hydrogen-bond acceptors (Lipinski definition) is 8. The minimum Gasteiger partial charge on any atom is -0.494 e. The number of nitrogens with zero attached hydrogens (tertiary/aromatic N) is 3. The van der Waals surface area contributed by atoms with E-state index in [0.29, 0.717) is 31.3 Å². The molecule has 0 radical (unpaired) electrons. The van der Waals surface area contributed by atoms with Crippen molar-refractivity contribution in [3.05, 3.63) is 47.7 Å². The molecule has 1 atom stereocenters. The molecular formula is C25H36N4O5. The van der Waals surface area contributed by atoms with E-state index in [1.165, 1.54) is 11.8 Å². The molecule has 2 aliphatic heterocycles. The van der Waals surface area contributed by atoms with Gasteiger partial charge in [-0.15, -0.1) is 0 Å². The van der Waals surface area contributed by atoms with Crippen LogP contribution in [0.3, 0.4) is 0 Å². The number of ether oxygens (including phenoxy) is 3. The Balaban J connectivity index is 1.35. The van der Waals surface area contributed by atoms with E-state index in [4.69, 9.17) is 18.6 Å². The van der Waals surface area contributed by atoms with Gasteiger partial charge < -0.3 is 23.9 Å². The molecule has 0 aliphatic carbocycles. The van der Waals surface area contributed by atoms with Gasteiger partial charge in [-0.05, 0) is 37.5 Å². The van der Waals surface area contributed by atoms with E-state index in [2.05, 4.69) is 32.2 Å². The van der Waals surface area contributed by atoms with Crippen LogP contribution < -0.4 is 10.1 Å². The molecule has 0 spiro atoms. The molecule has 4 rings (SSSR count). The topological polar surface area (TPSA) is 89.3 Å². The molecule has 9 nitrogen and oxygen atoms in total. The van der Waals surface area contributed by atoms with E-state index in [-0.39, 0.29) is 12.0 Å². The highest BCUT2D eigenvalue weighted by molar-refractivity contribution is 5.91. The second kappa shape index (κ2) is 12.9. The molecule has 2 fully saturated rings. The summed E-state index contributed by atoms with van der Waals surface area (Å²) in [4.78, 5) is 21.6. The lowest BCUT2D eigenvalue weighted by molar-refractivity contribution is 0.0320. The van der Waals surface area contributed by atoms with E-state index < -0.39 is 0 Å². The van der Waals surface area contributed by atoms with E-state index in [1.54, 1.807) is 0 Å². The van der Waals surface area contributed by atoms with Crippen molar-refractivity contribution in [2.45, 2.75) is 39.0 Å². The number of hydrogen-bond donors (Lipinski definition) is 1. The fourth-order valence-corrected chi connectivity index (χ4v) is 4.22. The van der Waals surface area contributed by atoms with Crippen LogP contribution in [0.1, 0.15) is 41.7 Å². The minimum atomic E-state index is -0.225. The van der Waals surface area contributed by atoms with Crippen molar-refractivity contribution >= 4 is 5.91 Å². The minimum absolute atomic E-state index is 0.0973. The normalized spacial score (nSPS) is 18.9. The third-order valence-electron chi connectivity index (χ3n) is 6.13. The molecule has 34 heavy (non-hydrogen) atoms. The second-order valence-corrected chi connectivity index (χ2v) is 8.71. The van der Waals surface area contributed by atoms with Crippen LogP contribution >= 0.6 is 0 Å². The summed E-state index contributed by atoms with van der Waals surface area (Å²) >= 11 is 0. The van der Waals surface area contributed by atoms with Gasteiger partial charge in [0, 0.05) is 45.9 Å². The number of oxazole rings is 1. The highest BCUT2D eigenvalue weighted by atomic mass is 16.5. The van der Waals surface area contributed by atoms with Gasteiger partial charge in [0.05, 0.1) is 32.5 Å². The summed E-state index contributed by atoms with van der Waals surface area (Å²) in [6.45, 7) is 10.4. The van der Waals surface area contributed by atoms with Crippen LogP contribution in [0.5, 0.6) is 5.75 Å². The summed E-state index contributed by atoms with van der Waals surface area (Å²) in [5.41, 5.74) is 1.49. The van der Waals surface area contributed by atoms with Gasteiger partial charge in [-0.3, -0.25) is 14.6 Å². The molecule has 2 aliphatic rings. The lowest BCUT2D eigenvalue weighted by atomic mass is 10.2. The van der Waals surface area contributed by atoms with Crippen molar-refractivity contribution in [3.63, 3.8) is 0 Å². The number of nitrogens with one attached hydrogen (secondary N) is 1. The van der Waals surface area contributed by atoms with Crippen LogP contribution in [0.15, 0.2) is 34.9 Å². The first-order valence-corrected chi connectivity index (χ1v) is 12.3. The fourth-order valence-electron chi connectivity index (χ4n) is 4.22. The van der Waals surface area contributed by atoms with Crippen LogP contribution in [0.4, 0.5) is 0 Å². The third-order valence-corrected chi connectivity index (χ3v) is 6.13. The van der Waals surface area contributed by atoms with Crippen molar-refractivity contribution < 1.29 is 23.4 Å². The smallest absolute Gasteiger partial charge is 0.273 e. The van der Waals surface area contributed by atoms with Crippen molar-refractivity contribution in [1.29, 1.82) is 0 Å². The number of aromatic nitrogens is 1. The maximum Gasteiger partial charge on any atom is 0.273 e. The number of carbonyl (C=O) groups is 1. The first-order chi connectivity index (χ1) is 16.7. The lowest BCUT2D eigenvalue weighted by Gasteiger charge is -2.29. The molecule has 0 unspecified atom stereocenters. The van der Waals surface area contributed by atoms with Crippen LogP contribution in [0.25, 0.3) is 0 Å². The van der Waals surface area contributed by atoms with E-state index in [0.717, 1.165) is 71.1 Å². The molecule has 2 aromatic rings. The first kappa shape index (κ1) is 24.7. The zero-order valence-electron chi connectivity index (χ0n) is 20.0. The third kappa shape index (κ3) is 7.53. The zero-order chi connectivity index (χ0) is 23.6. The predicted molar refractivity (Wildman–Crippen MR) is 127 cm³/mol. The summed E-state index contributed by atoms with van der Waals surface area (Å²) < 4.78 is 22.3. The molecule has 1 aromatic heterocycles. The average Bonchev–Trinajstić information content (AvgIpc) is 3.56. The molecular weight excluding hydrogens is 436 g/mol. The average molecular weight is 473 g/mol. The summed E-state index contributed by atoms with van der Waals surface area (Å²) in [7, 11) is 0. The van der Waals surface area contributed by atoms with Crippen LogP contribution in [-0.4, -0.2) is 85.9 Å². The van der Waals surface area contributed by atoms with Gasteiger partial charge in [0.2, 0.25) is 5.89 Å². The summed E-state index contributed by atoms with van der Waals surface area (Å²) in [5, 5.41) is 2.90. The van der Waals surface area contributed by atoms with Gasteiger partial charge in [0.1, 0.15) is 12.0 Å². The van der Waals surface area contributed by atoms with Crippen molar-refractivity contribution in [2.24, 2.45) is 0 Å². The maximum atomic E-state index is 12.5. The molecule has 0 bridgehead atoms. The standard InChI is InChI=1S/C25H36N4O5/c1-2-32-21-7-5-20(6-8-21)17-29(10-9-28-11-14-31-15-12-28)18-24-27-23(19-34-24)25(30)26-16-22-4-3-13-33-22/h5-8,19,22H,2-4,9-18H2,1H3,(H,26,30)/t22-/m0/s1. The maximum absolute atomic E-state index is 12.5. The van der Waals surface area contributed by atoms with E-state index >= 15 is 0 Å². The van der Waals surface area contributed by atoms with Gasteiger partial charge >= 0.3 is 0 Å². The molecule has 1 N–H and O–H groups in total. The number of morpholine rings is 1. The van der Waals surface area contributed by atoms with Crippen LogP contribution in [0.2, 0.25) is 0 Å². The molecule has 3 heterocycles. The van der Waals surface area contributed by atoms with Crippen molar-refractivity contribution in [2.75, 3.05) is 59.2 Å². The Labute approximate surface area is 201 Å². The largest absolute Gasteiger partial charge is 0.494 e. The molecule has 1 amide bonds. The number of carbonyl (C=O) groups excluding carboxylic acids is 1. The highest BCUT2D eigenvalue weighted by Gasteiger charge is 2.20. The molecule has 186 valence electrons. The SMILES string of the molecule is CCOc1ccc(CN(CCN2CCOCC2)Cc2nc(C(=O)NC[C@@H]3CCCO3)co2)cc1. The predicted octanol–water partition coefficient (Wildman–Crippen LogP) is 2.32. The summed E-state index contributed by atoms with van der Waals surface area (Å²) in [6.07, 6.45) is 3.56. The Morgan fingerprint density at radius 3 is 2.76 bits per heavy atom. The number of rotatable bonds is 12. The Morgan fingerprint density at radius 2 is 2.03 bits per heavy atom. The van der Waals surface area contributed by atoms with Crippen LogP contribution in [-0.2, 0) is 22.6 Å². The van der Waals surface area contributed by atoms with Gasteiger partial charge in [-0.1, -0.05) is 12.1 Å². The monoisotopic (exact) mass is 472 g/mol. The molecule has 9 heteroatoms. The highest BCUT2D eigenvalue weighted by Crippen LogP contribution is 2.16. The lowest BCUT2D eigenvalue weighted by Crippen LogP contribution is -2.41. The Morgan fingerprint density at radius 1 is 1.21 bits per heavy atom. The first-order valence-electron chi connectivity index (χ1n) is 12.3. The Bertz CT molecular complexity index is 876. The van der Waals surface area contributed by atoms with E-state index in [9.17, 15) is 4.79 Å². The van der Waals surface area contributed by atoms with Gasteiger partial charge in [0.25, 0.3) is 5.91 Å². The Hall–Kier alpha value is -2.46. The van der Waals surface area contributed by atoms with Gasteiger partial charge in [-0.2, -0.15) is 0 Å². The second-order valence-electron chi connectivity index (χ2n) is 8.71. The van der Waals surface area contributed by atoms with E-state index in [1.807, 2.05) is 19.1 Å². The summed E-state index contributed by atoms with van der Waals surface area (Å²) in [5.74, 6) is 1.18. The zero-order valence-corrected chi connectivity index (χ0v) is 20.0. The summed E-state index contributed by atoms with van der Waals surface area (Å²) in [6, 6.07) is 8.18. The van der Waals surface area contributed by atoms with Crippen molar-refractivity contribution in [3.8, 4) is 5.75 Å². The number of amides is 1. The molecule has 2 saturated heterocycles. The number of benzene rings is 1. The molecule has 0 saturated carbocycles. The Kier molecular flexibility index (Phi) is 9.32. The van der Waals surface area contributed by atoms with Crippen LogP contribution in [0, 0.1) is 0 Å². The van der Waals surface area contributed by atoms with Gasteiger partial charge in [0.15, 0.2) is 5.69 Å². The van der Waals surface area contributed by atoms with Gasteiger partial charge in [-0.25, -0.2) is 4.98 Å². The fraction of sp³-hybridized carbons (Fsp3) is 0.600. The van der Waals surface area contributed by atoms with Crippen molar-refractivity contribution in [1.82, 2.24) is 20.1 Å². The molecule has 1 aromatic carbocycles.